The number of nitrogen functional groups attached to an aromatic ring is 1. The third-order valence-corrected chi connectivity index (χ3v) is 1.53. The monoisotopic (exact) mass is 214 g/mol. The SMILES string of the molecule is Nc1cc(F)c(C(F)(F)F)nc1Cl. The molecule has 1 rings (SSSR count). The fraction of sp³-hybridized carbons (Fsp3) is 0.167. The number of anilines is 1. The molecule has 2 nitrogen and oxygen atoms in total. The third-order valence-electron chi connectivity index (χ3n) is 1.23. The second-order valence-electron chi connectivity index (χ2n) is 2.20. The Bertz CT molecular complexity index is 336. The second kappa shape index (κ2) is 3.02. The van der Waals surface area contributed by atoms with Crippen LogP contribution >= 0.6 is 11.6 Å². The zero-order valence-corrected chi connectivity index (χ0v) is 6.75. The lowest BCUT2D eigenvalue weighted by atomic mass is 10.3. The van der Waals surface area contributed by atoms with E-state index in [0.29, 0.717) is 6.07 Å². The van der Waals surface area contributed by atoms with Crippen LogP contribution in [0.5, 0.6) is 0 Å². The zero-order valence-electron chi connectivity index (χ0n) is 5.99. The van der Waals surface area contributed by atoms with Crippen molar-refractivity contribution in [2.45, 2.75) is 6.18 Å². The van der Waals surface area contributed by atoms with Crippen LogP contribution in [0.4, 0.5) is 23.2 Å². The van der Waals surface area contributed by atoms with Gasteiger partial charge in [-0.3, -0.25) is 0 Å². The number of halogens is 5. The van der Waals surface area contributed by atoms with Gasteiger partial charge in [-0.05, 0) is 0 Å². The van der Waals surface area contributed by atoms with Gasteiger partial charge in [-0.15, -0.1) is 0 Å². The van der Waals surface area contributed by atoms with Crippen molar-refractivity contribution in [3.8, 4) is 0 Å². The molecule has 0 saturated heterocycles. The highest BCUT2D eigenvalue weighted by molar-refractivity contribution is 6.31. The van der Waals surface area contributed by atoms with Gasteiger partial charge in [0.15, 0.2) is 16.7 Å². The molecule has 0 radical (unpaired) electrons. The van der Waals surface area contributed by atoms with Gasteiger partial charge in [0.2, 0.25) is 0 Å². The number of nitrogens with zero attached hydrogens (tertiary/aromatic N) is 1. The molecular formula is C6H3ClF4N2. The van der Waals surface area contributed by atoms with Crippen molar-refractivity contribution in [2.75, 3.05) is 5.73 Å². The highest BCUT2D eigenvalue weighted by Gasteiger charge is 2.36. The quantitative estimate of drug-likeness (QED) is 0.532. The van der Waals surface area contributed by atoms with Crippen LogP contribution in [-0.4, -0.2) is 4.98 Å². The molecule has 0 saturated carbocycles. The van der Waals surface area contributed by atoms with E-state index in [4.69, 9.17) is 17.3 Å². The molecular weight excluding hydrogens is 212 g/mol. The summed E-state index contributed by atoms with van der Waals surface area (Å²) in [5, 5.41) is -0.561. The van der Waals surface area contributed by atoms with Crippen LogP contribution < -0.4 is 5.73 Å². The van der Waals surface area contributed by atoms with Gasteiger partial charge in [0.1, 0.15) is 0 Å². The Hall–Kier alpha value is -1.04. The Morgan fingerprint density at radius 1 is 1.38 bits per heavy atom. The Morgan fingerprint density at radius 3 is 2.38 bits per heavy atom. The van der Waals surface area contributed by atoms with Gasteiger partial charge in [-0.25, -0.2) is 9.37 Å². The van der Waals surface area contributed by atoms with Crippen molar-refractivity contribution in [1.29, 1.82) is 0 Å². The van der Waals surface area contributed by atoms with Gasteiger partial charge in [0, 0.05) is 6.07 Å². The fourth-order valence-electron chi connectivity index (χ4n) is 0.679. The molecule has 13 heavy (non-hydrogen) atoms. The van der Waals surface area contributed by atoms with Crippen molar-refractivity contribution < 1.29 is 17.6 Å². The minimum Gasteiger partial charge on any atom is -0.396 e. The van der Waals surface area contributed by atoms with E-state index in [2.05, 4.69) is 4.98 Å². The van der Waals surface area contributed by atoms with E-state index >= 15 is 0 Å². The van der Waals surface area contributed by atoms with E-state index in [1.165, 1.54) is 0 Å². The molecule has 1 heterocycles. The minimum absolute atomic E-state index is 0.327. The highest BCUT2D eigenvalue weighted by Crippen LogP contribution is 2.32. The summed E-state index contributed by atoms with van der Waals surface area (Å²) in [5.41, 5.74) is 3.04. The number of nitrogens with two attached hydrogens (primary N) is 1. The summed E-state index contributed by atoms with van der Waals surface area (Å²) in [7, 11) is 0. The van der Waals surface area contributed by atoms with Crippen molar-refractivity contribution in [3.63, 3.8) is 0 Å². The van der Waals surface area contributed by atoms with Crippen LogP contribution in [0.1, 0.15) is 5.69 Å². The molecule has 0 spiro atoms. The lowest BCUT2D eigenvalue weighted by Crippen LogP contribution is -2.12. The summed E-state index contributed by atoms with van der Waals surface area (Å²) in [6.07, 6.45) is -4.86. The van der Waals surface area contributed by atoms with Gasteiger partial charge >= 0.3 is 6.18 Å². The number of rotatable bonds is 0. The normalized spacial score (nSPS) is 11.8. The molecule has 72 valence electrons. The summed E-state index contributed by atoms with van der Waals surface area (Å²) in [6.45, 7) is 0. The summed E-state index contributed by atoms with van der Waals surface area (Å²) in [5.74, 6) is -1.53. The molecule has 2 N–H and O–H groups in total. The third kappa shape index (κ3) is 2.00. The van der Waals surface area contributed by atoms with E-state index in [1.54, 1.807) is 0 Å². The van der Waals surface area contributed by atoms with E-state index < -0.39 is 22.8 Å². The van der Waals surface area contributed by atoms with Gasteiger partial charge in [0.25, 0.3) is 0 Å². The first-order valence-electron chi connectivity index (χ1n) is 3.01. The highest BCUT2D eigenvalue weighted by atomic mass is 35.5. The molecule has 0 unspecified atom stereocenters. The molecule has 1 aromatic rings. The smallest absolute Gasteiger partial charge is 0.396 e. The van der Waals surface area contributed by atoms with Crippen LogP contribution in [0.25, 0.3) is 0 Å². The maximum atomic E-state index is 12.6. The minimum atomic E-state index is -4.86. The van der Waals surface area contributed by atoms with Crippen LogP contribution in [0.2, 0.25) is 5.15 Å². The van der Waals surface area contributed by atoms with Crippen LogP contribution in [0.3, 0.4) is 0 Å². The van der Waals surface area contributed by atoms with Gasteiger partial charge in [0.05, 0.1) is 5.69 Å². The topological polar surface area (TPSA) is 38.9 Å². The molecule has 0 aliphatic carbocycles. The van der Waals surface area contributed by atoms with E-state index in [9.17, 15) is 17.6 Å². The molecule has 0 bridgehead atoms. The molecule has 0 atom stereocenters. The standard InChI is InChI=1S/C6H3ClF4N2/c7-5-3(12)1-2(8)4(13-5)6(9,10)11/h1H,12H2. The molecule has 0 aliphatic rings. The Labute approximate surface area is 75.3 Å². The van der Waals surface area contributed by atoms with E-state index in [0.717, 1.165) is 0 Å². The molecule has 0 amide bonds. The predicted octanol–water partition coefficient (Wildman–Crippen LogP) is 2.48. The summed E-state index contributed by atoms with van der Waals surface area (Å²) >= 11 is 5.19. The van der Waals surface area contributed by atoms with Crippen molar-refractivity contribution in [1.82, 2.24) is 4.98 Å². The predicted molar refractivity (Wildman–Crippen MR) is 38.6 cm³/mol. The van der Waals surface area contributed by atoms with Crippen LogP contribution in [0.15, 0.2) is 6.07 Å². The molecule has 0 fully saturated rings. The average Bonchev–Trinajstić information content (AvgIpc) is 1.94. The van der Waals surface area contributed by atoms with Crippen molar-refractivity contribution >= 4 is 17.3 Å². The van der Waals surface area contributed by atoms with E-state index in [-0.39, 0.29) is 5.69 Å². The summed E-state index contributed by atoms with van der Waals surface area (Å²) in [6, 6.07) is 0.484. The van der Waals surface area contributed by atoms with Gasteiger partial charge < -0.3 is 5.73 Å². The summed E-state index contributed by atoms with van der Waals surface area (Å²) < 4.78 is 48.5. The van der Waals surface area contributed by atoms with E-state index in [1.807, 2.05) is 0 Å². The lowest BCUT2D eigenvalue weighted by Gasteiger charge is -2.07. The largest absolute Gasteiger partial charge is 0.436 e. The number of aromatic nitrogens is 1. The zero-order chi connectivity index (χ0) is 10.2. The van der Waals surface area contributed by atoms with Crippen molar-refractivity contribution in [3.05, 3.63) is 22.7 Å². The number of pyridine rings is 1. The first-order valence-corrected chi connectivity index (χ1v) is 3.39. The first-order chi connectivity index (χ1) is 5.82. The average molecular weight is 215 g/mol. The molecule has 0 aromatic carbocycles. The Morgan fingerprint density at radius 2 is 1.92 bits per heavy atom. The molecule has 7 heteroatoms. The maximum absolute atomic E-state index is 12.6. The van der Waals surface area contributed by atoms with Crippen LogP contribution in [0, 0.1) is 5.82 Å². The lowest BCUT2D eigenvalue weighted by molar-refractivity contribution is -0.143. The van der Waals surface area contributed by atoms with Gasteiger partial charge in [-0.2, -0.15) is 13.2 Å². The number of hydrogen-bond donors (Lipinski definition) is 1. The molecule has 1 aromatic heterocycles. The van der Waals surface area contributed by atoms with Crippen LogP contribution in [-0.2, 0) is 6.18 Å². The van der Waals surface area contributed by atoms with Crippen molar-refractivity contribution in [2.24, 2.45) is 0 Å². The van der Waals surface area contributed by atoms with Gasteiger partial charge in [-0.1, -0.05) is 11.6 Å². The second-order valence-corrected chi connectivity index (χ2v) is 2.55. The first kappa shape index (κ1) is 10.0. The fourth-order valence-corrected chi connectivity index (χ4v) is 0.818. The maximum Gasteiger partial charge on any atom is 0.436 e. The Kier molecular flexibility index (Phi) is 2.34. The molecule has 0 aliphatic heterocycles. The summed E-state index contributed by atoms with van der Waals surface area (Å²) in [4.78, 5) is 2.78. The number of hydrogen-bond acceptors (Lipinski definition) is 2. The number of alkyl halides is 3. The Balaban J connectivity index is 3.32.